The van der Waals surface area contributed by atoms with Gasteiger partial charge in [-0.25, -0.2) is 4.79 Å². The number of ether oxygens (including phenoxy) is 3. The highest BCUT2D eigenvalue weighted by Crippen LogP contribution is 2.35. The first-order chi connectivity index (χ1) is 8.63. The highest BCUT2D eigenvalue weighted by atomic mass is 16.7. The highest BCUT2D eigenvalue weighted by Gasteiger charge is 2.16. The maximum atomic E-state index is 11.7. The molecule has 0 fully saturated rings. The molecule has 1 aliphatic rings. The average molecular weight is 248 g/mol. The first kappa shape index (κ1) is 12.5. The molecule has 0 radical (unpaired) electrons. The van der Waals surface area contributed by atoms with Crippen LogP contribution >= 0.6 is 0 Å². The Morgan fingerprint density at radius 3 is 2.72 bits per heavy atom. The second-order valence-corrected chi connectivity index (χ2v) is 4.04. The molecule has 0 aliphatic carbocycles. The Balaban J connectivity index is 2.30. The van der Waals surface area contributed by atoms with E-state index in [0.29, 0.717) is 17.9 Å². The van der Waals surface area contributed by atoms with Crippen molar-refractivity contribution in [2.45, 2.75) is 20.8 Å². The van der Waals surface area contributed by atoms with Gasteiger partial charge < -0.3 is 14.2 Å². The summed E-state index contributed by atoms with van der Waals surface area (Å²) in [4.78, 5) is 11.7. The molecule has 0 saturated heterocycles. The zero-order chi connectivity index (χ0) is 13.1. The van der Waals surface area contributed by atoms with Crippen LogP contribution in [-0.2, 0) is 9.53 Å². The molecule has 0 unspecified atom stereocenters. The lowest BCUT2D eigenvalue weighted by molar-refractivity contribution is -0.138. The molecule has 1 heterocycles. The van der Waals surface area contributed by atoms with Crippen molar-refractivity contribution in [1.82, 2.24) is 0 Å². The monoisotopic (exact) mass is 248 g/mol. The van der Waals surface area contributed by atoms with E-state index in [1.54, 1.807) is 13.8 Å². The molecule has 96 valence electrons. The molecule has 1 aromatic rings. The van der Waals surface area contributed by atoms with Crippen molar-refractivity contribution in [3.63, 3.8) is 0 Å². The summed E-state index contributed by atoms with van der Waals surface area (Å²) in [5.41, 5.74) is 2.42. The Morgan fingerprint density at radius 2 is 2.00 bits per heavy atom. The lowest BCUT2D eigenvalue weighted by Gasteiger charge is -2.08. The fourth-order valence-corrected chi connectivity index (χ4v) is 1.74. The number of esters is 1. The molecule has 0 N–H and O–H groups in total. The summed E-state index contributed by atoms with van der Waals surface area (Å²) in [6.45, 7) is 6.08. The maximum Gasteiger partial charge on any atom is 0.333 e. The SMILES string of the molecule is CCOC(=O)/C(C)=C(/C)c1ccc2c(c1)OCO2. The highest BCUT2D eigenvalue weighted by molar-refractivity contribution is 5.96. The summed E-state index contributed by atoms with van der Waals surface area (Å²) in [5, 5.41) is 0. The number of carbonyl (C=O) groups excluding carboxylic acids is 1. The summed E-state index contributed by atoms with van der Waals surface area (Å²) < 4.78 is 15.6. The minimum atomic E-state index is -0.285. The molecular formula is C14H16O4. The van der Waals surface area contributed by atoms with Crippen molar-refractivity contribution in [2.75, 3.05) is 13.4 Å². The van der Waals surface area contributed by atoms with Crippen LogP contribution in [0.2, 0.25) is 0 Å². The number of fused-ring (bicyclic) bond motifs is 1. The molecule has 1 aromatic carbocycles. The van der Waals surface area contributed by atoms with Gasteiger partial charge in [-0.15, -0.1) is 0 Å². The second kappa shape index (κ2) is 5.12. The van der Waals surface area contributed by atoms with Crippen molar-refractivity contribution in [3.05, 3.63) is 29.3 Å². The number of hydrogen-bond acceptors (Lipinski definition) is 4. The van der Waals surface area contributed by atoms with Crippen LogP contribution in [-0.4, -0.2) is 19.4 Å². The molecule has 4 heteroatoms. The van der Waals surface area contributed by atoms with Crippen molar-refractivity contribution >= 4 is 11.5 Å². The Morgan fingerprint density at radius 1 is 1.28 bits per heavy atom. The molecular weight excluding hydrogens is 232 g/mol. The molecule has 4 nitrogen and oxygen atoms in total. The molecule has 0 amide bonds. The van der Waals surface area contributed by atoms with E-state index in [2.05, 4.69) is 0 Å². The van der Waals surface area contributed by atoms with E-state index in [-0.39, 0.29) is 12.8 Å². The Bertz CT molecular complexity index is 503. The van der Waals surface area contributed by atoms with Crippen molar-refractivity contribution in [2.24, 2.45) is 0 Å². The van der Waals surface area contributed by atoms with Gasteiger partial charge in [-0.1, -0.05) is 6.07 Å². The van der Waals surface area contributed by atoms with E-state index in [4.69, 9.17) is 14.2 Å². The standard InChI is InChI=1S/C14H16O4/c1-4-16-14(15)10(3)9(2)11-5-6-12-13(7-11)18-8-17-12/h5-7H,4,8H2,1-3H3/b10-9-. The number of carbonyl (C=O) groups is 1. The van der Waals surface area contributed by atoms with Crippen LogP contribution in [0.25, 0.3) is 5.57 Å². The van der Waals surface area contributed by atoms with Gasteiger partial charge in [0, 0.05) is 5.57 Å². The second-order valence-electron chi connectivity index (χ2n) is 4.04. The van der Waals surface area contributed by atoms with Crippen molar-refractivity contribution in [1.29, 1.82) is 0 Å². The summed E-state index contributed by atoms with van der Waals surface area (Å²) in [7, 11) is 0. The van der Waals surface area contributed by atoms with Crippen LogP contribution in [0.3, 0.4) is 0 Å². The van der Waals surface area contributed by atoms with E-state index < -0.39 is 0 Å². The first-order valence-corrected chi connectivity index (χ1v) is 5.88. The minimum Gasteiger partial charge on any atom is -0.463 e. The van der Waals surface area contributed by atoms with Gasteiger partial charge in [0.25, 0.3) is 0 Å². The molecule has 0 atom stereocenters. The van der Waals surface area contributed by atoms with Gasteiger partial charge in [0.1, 0.15) is 0 Å². The Kier molecular flexibility index (Phi) is 3.55. The summed E-state index contributed by atoms with van der Waals surface area (Å²) in [6, 6.07) is 5.63. The third-order valence-electron chi connectivity index (χ3n) is 2.95. The molecule has 0 aromatic heterocycles. The molecule has 2 rings (SSSR count). The Hall–Kier alpha value is -1.97. The van der Waals surface area contributed by atoms with Crippen molar-refractivity contribution < 1.29 is 19.0 Å². The predicted molar refractivity (Wildman–Crippen MR) is 67.5 cm³/mol. The Labute approximate surface area is 106 Å². The van der Waals surface area contributed by atoms with E-state index in [1.807, 2.05) is 25.1 Å². The van der Waals surface area contributed by atoms with Gasteiger partial charge in [0.05, 0.1) is 6.61 Å². The van der Waals surface area contributed by atoms with E-state index in [0.717, 1.165) is 16.9 Å². The normalized spacial score (nSPS) is 14.2. The van der Waals surface area contributed by atoms with Gasteiger partial charge >= 0.3 is 5.97 Å². The van der Waals surface area contributed by atoms with E-state index >= 15 is 0 Å². The lowest BCUT2D eigenvalue weighted by atomic mass is 10.0. The summed E-state index contributed by atoms with van der Waals surface area (Å²) in [6.07, 6.45) is 0. The molecule has 18 heavy (non-hydrogen) atoms. The van der Waals surface area contributed by atoms with Crippen LogP contribution in [0.1, 0.15) is 26.3 Å². The smallest absolute Gasteiger partial charge is 0.333 e. The zero-order valence-electron chi connectivity index (χ0n) is 10.8. The molecule has 0 saturated carbocycles. The average Bonchev–Trinajstić information content (AvgIpc) is 2.84. The molecule has 1 aliphatic heterocycles. The topological polar surface area (TPSA) is 44.8 Å². The largest absolute Gasteiger partial charge is 0.463 e. The lowest BCUT2D eigenvalue weighted by Crippen LogP contribution is -2.06. The minimum absolute atomic E-state index is 0.248. The van der Waals surface area contributed by atoms with Gasteiger partial charge in [0.2, 0.25) is 6.79 Å². The van der Waals surface area contributed by atoms with Gasteiger partial charge in [-0.05, 0) is 44.0 Å². The van der Waals surface area contributed by atoms with Crippen molar-refractivity contribution in [3.8, 4) is 11.5 Å². The van der Waals surface area contributed by atoms with Crippen LogP contribution in [0.5, 0.6) is 11.5 Å². The zero-order valence-corrected chi connectivity index (χ0v) is 10.8. The molecule has 0 bridgehead atoms. The third kappa shape index (κ3) is 2.32. The van der Waals surface area contributed by atoms with Crippen LogP contribution in [0.15, 0.2) is 23.8 Å². The molecule has 0 spiro atoms. The maximum absolute atomic E-state index is 11.7. The fourth-order valence-electron chi connectivity index (χ4n) is 1.74. The predicted octanol–water partition coefficient (Wildman–Crippen LogP) is 2.77. The number of benzene rings is 1. The van der Waals surface area contributed by atoms with Crippen LogP contribution in [0.4, 0.5) is 0 Å². The van der Waals surface area contributed by atoms with E-state index in [1.165, 1.54) is 0 Å². The number of rotatable bonds is 3. The van der Waals surface area contributed by atoms with Gasteiger partial charge in [0.15, 0.2) is 11.5 Å². The van der Waals surface area contributed by atoms with Crippen LogP contribution in [0, 0.1) is 0 Å². The quantitative estimate of drug-likeness (QED) is 0.609. The summed E-state index contributed by atoms with van der Waals surface area (Å²) in [5.74, 6) is 1.16. The summed E-state index contributed by atoms with van der Waals surface area (Å²) >= 11 is 0. The van der Waals surface area contributed by atoms with Gasteiger partial charge in [-0.2, -0.15) is 0 Å². The first-order valence-electron chi connectivity index (χ1n) is 5.88. The third-order valence-corrected chi connectivity index (χ3v) is 2.95. The number of allylic oxidation sites excluding steroid dienone is 1. The van der Waals surface area contributed by atoms with Crippen LogP contribution < -0.4 is 9.47 Å². The fraction of sp³-hybridized carbons (Fsp3) is 0.357. The van der Waals surface area contributed by atoms with Gasteiger partial charge in [-0.3, -0.25) is 0 Å². The number of hydrogen-bond donors (Lipinski definition) is 0. The van der Waals surface area contributed by atoms with E-state index in [9.17, 15) is 4.79 Å².